The molecule has 0 saturated heterocycles. The van der Waals surface area contributed by atoms with Gasteiger partial charge in [-0.15, -0.1) is 0 Å². The Balaban J connectivity index is 1.72. The molecule has 4 N–H and O–H groups in total. The molecular weight excluding hydrogens is 376 g/mol. The quantitative estimate of drug-likeness (QED) is 0.459. The number of benzene rings is 3. The first kappa shape index (κ1) is 16.7. The van der Waals surface area contributed by atoms with E-state index >= 15 is 0 Å². The highest BCUT2D eigenvalue weighted by Crippen LogP contribution is 2.48. The van der Waals surface area contributed by atoms with Crippen molar-refractivity contribution in [3.63, 3.8) is 0 Å². The lowest BCUT2D eigenvalue weighted by Gasteiger charge is -2.28. The number of allylic oxidation sites excluding steroid dienone is 1. The Morgan fingerprint density at radius 2 is 1.60 bits per heavy atom. The summed E-state index contributed by atoms with van der Waals surface area (Å²) in [6.45, 7) is 0. The monoisotopic (exact) mass is 392 g/mol. The maximum absolute atomic E-state index is 13.5. The van der Waals surface area contributed by atoms with Crippen molar-refractivity contribution in [2.45, 2.75) is 5.92 Å². The molecule has 144 valence electrons. The second-order valence-corrected chi connectivity index (χ2v) is 7.50. The molecule has 1 aliphatic heterocycles. The van der Waals surface area contributed by atoms with Crippen LogP contribution in [0.4, 0.5) is 11.8 Å². The van der Waals surface area contributed by atoms with E-state index in [2.05, 4.69) is 15.3 Å². The van der Waals surface area contributed by atoms with Crippen LogP contribution in [0, 0.1) is 0 Å². The number of rotatable bonds is 1. The summed E-state index contributed by atoms with van der Waals surface area (Å²) in [7, 11) is 0. The molecule has 1 atom stereocenters. The first-order chi connectivity index (χ1) is 14.6. The minimum Gasteiger partial charge on any atom is -0.369 e. The smallest absolute Gasteiger partial charge is 0.258 e. The Hall–Kier alpha value is -4.19. The number of Topliss-reactive ketones (excluding diaryl/α,β-unsaturated/α-hetero) is 1. The zero-order chi connectivity index (χ0) is 20.4. The van der Waals surface area contributed by atoms with E-state index in [1.54, 1.807) is 0 Å². The van der Waals surface area contributed by atoms with Crippen LogP contribution in [0.1, 0.15) is 33.0 Å². The summed E-state index contributed by atoms with van der Waals surface area (Å²) in [4.78, 5) is 33.5. The molecule has 0 saturated carbocycles. The SMILES string of the molecule is Nc1nc2c(c(=O)[nH]1)[C@@H](c1cccc3ccccc13)C1=C(N2)c2ccccc2C1=O. The molecule has 3 aromatic carbocycles. The number of nitrogens with zero attached hydrogens (tertiary/aromatic N) is 1. The predicted molar refractivity (Wildman–Crippen MR) is 116 cm³/mol. The summed E-state index contributed by atoms with van der Waals surface area (Å²) >= 11 is 0. The third kappa shape index (κ3) is 2.16. The lowest BCUT2D eigenvalue weighted by atomic mass is 9.80. The number of nitrogen functional groups attached to an aromatic ring is 1. The first-order valence-corrected chi connectivity index (χ1v) is 9.66. The van der Waals surface area contributed by atoms with Crippen molar-refractivity contribution >= 4 is 34.0 Å². The van der Waals surface area contributed by atoms with Crippen molar-refractivity contribution in [2.24, 2.45) is 0 Å². The minimum absolute atomic E-state index is 0.0320. The standard InChI is InChI=1S/C24H16N4O2/c25-24-27-22-19(23(30)28-24)17(14-11-5-7-12-6-1-2-8-13(12)14)18-20(26-22)15-9-3-4-10-16(15)21(18)29/h1-11,17H,(H4,25,26,27,28,30)/t17-/m0/s1. The van der Waals surface area contributed by atoms with E-state index in [9.17, 15) is 9.59 Å². The van der Waals surface area contributed by atoms with Gasteiger partial charge >= 0.3 is 0 Å². The molecule has 0 radical (unpaired) electrons. The number of carbonyl (C=O) groups is 1. The second kappa shape index (κ2) is 5.90. The Kier molecular flexibility index (Phi) is 3.29. The number of ketones is 1. The van der Waals surface area contributed by atoms with Crippen LogP contribution in [-0.4, -0.2) is 15.8 Å². The molecule has 30 heavy (non-hydrogen) atoms. The van der Waals surface area contributed by atoms with Gasteiger partial charge in [-0.25, -0.2) is 0 Å². The normalized spacial score (nSPS) is 16.8. The number of carbonyl (C=O) groups excluding carboxylic acids is 1. The Morgan fingerprint density at radius 3 is 2.47 bits per heavy atom. The summed E-state index contributed by atoms with van der Waals surface area (Å²) in [5.41, 5.74) is 9.47. The third-order valence-electron chi connectivity index (χ3n) is 5.88. The molecule has 2 aliphatic rings. The van der Waals surface area contributed by atoms with Gasteiger partial charge in [0, 0.05) is 22.6 Å². The molecule has 0 bridgehead atoms. The first-order valence-electron chi connectivity index (χ1n) is 9.66. The van der Waals surface area contributed by atoms with E-state index < -0.39 is 5.92 Å². The summed E-state index contributed by atoms with van der Waals surface area (Å²) in [5, 5.41) is 5.25. The molecule has 2 heterocycles. The Labute approximate surface area is 171 Å². The van der Waals surface area contributed by atoms with Crippen LogP contribution >= 0.6 is 0 Å². The fourth-order valence-corrected chi connectivity index (χ4v) is 4.65. The summed E-state index contributed by atoms with van der Waals surface area (Å²) in [5.74, 6) is -0.214. The van der Waals surface area contributed by atoms with E-state index in [-0.39, 0.29) is 17.3 Å². The van der Waals surface area contributed by atoms with Gasteiger partial charge in [0.25, 0.3) is 5.56 Å². The maximum atomic E-state index is 13.5. The van der Waals surface area contributed by atoms with Crippen molar-refractivity contribution < 1.29 is 4.79 Å². The van der Waals surface area contributed by atoms with Crippen LogP contribution in [0.15, 0.2) is 77.1 Å². The van der Waals surface area contributed by atoms with Gasteiger partial charge in [0.1, 0.15) is 5.82 Å². The number of H-pyrrole nitrogens is 1. The number of fused-ring (bicyclic) bond motifs is 4. The third-order valence-corrected chi connectivity index (χ3v) is 5.88. The second-order valence-electron chi connectivity index (χ2n) is 7.50. The largest absolute Gasteiger partial charge is 0.369 e. The van der Waals surface area contributed by atoms with E-state index in [1.165, 1.54) is 0 Å². The van der Waals surface area contributed by atoms with Crippen molar-refractivity contribution in [2.75, 3.05) is 11.1 Å². The van der Waals surface area contributed by atoms with Gasteiger partial charge in [-0.1, -0.05) is 66.7 Å². The predicted octanol–water partition coefficient (Wildman–Crippen LogP) is 3.67. The van der Waals surface area contributed by atoms with E-state index in [4.69, 9.17) is 5.73 Å². The lowest BCUT2D eigenvalue weighted by molar-refractivity contribution is 0.103. The molecule has 6 rings (SSSR count). The molecule has 4 aromatic rings. The fraction of sp³-hybridized carbons (Fsp3) is 0.0417. The van der Waals surface area contributed by atoms with E-state index in [0.29, 0.717) is 28.2 Å². The van der Waals surface area contributed by atoms with Crippen LogP contribution in [0.5, 0.6) is 0 Å². The Bertz CT molecular complexity index is 1480. The number of hydrogen-bond acceptors (Lipinski definition) is 5. The average molecular weight is 392 g/mol. The van der Waals surface area contributed by atoms with Gasteiger partial charge < -0.3 is 11.1 Å². The van der Waals surface area contributed by atoms with Gasteiger partial charge in [-0.2, -0.15) is 4.98 Å². The average Bonchev–Trinajstić information content (AvgIpc) is 3.04. The van der Waals surface area contributed by atoms with Gasteiger partial charge in [-0.3, -0.25) is 14.6 Å². The van der Waals surface area contributed by atoms with Gasteiger partial charge in [-0.05, 0) is 16.3 Å². The van der Waals surface area contributed by atoms with Crippen molar-refractivity contribution in [3.8, 4) is 0 Å². The highest BCUT2D eigenvalue weighted by Gasteiger charge is 2.42. The highest BCUT2D eigenvalue weighted by atomic mass is 16.1. The summed E-state index contributed by atoms with van der Waals surface area (Å²) in [6.07, 6.45) is 0. The van der Waals surface area contributed by atoms with Crippen molar-refractivity contribution in [1.29, 1.82) is 0 Å². The van der Waals surface area contributed by atoms with Crippen molar-refractivity contribution in [3.05, 3.63) is 105 Å². The van der Waals surface area contributed by atoms with Gasteiger partial charge in [0.2, 0.25) is 5.95 Å². The molecule has 0 fully saturated rings. The van der Waals surface area contributed by atoms with Crippen LogP contribution < -0.4 is 16.6 Å². The maximum Gasteiger partial charge on any atom is 0.258 e. The van der Waals surface area contributed by atoms with E-state index in [0.717, 1.165) is 21.9 Å². The minimum atomic E-state index is -0.556. The molecule has 1 aliphatic carbocycles. The number of nitrogens with two attached hydrogens (primary N) is 1. The van der Waals surface area contributed by atoms with Gasteiger partial charge in [0.05, 0.1) is 11.3 Å². The van der Waals surface area contributed by atoms with Crippen LogP contribution in [0.3, 0.4) is 0 Å². The number of anilines is 2. The number of hydrogen-bond donors (Lipinski definition) is 3. The van der Waals surface area contributed by atoms with Crippen molar-refractivity contribution in [1.82, 2.24) is 9.97 Å². The molecule has 0 spiro atoms. The topological polar surface area (TPSA) is 101 Å². The van der Waals surface area contributed by atoms with Crippen LogP contribution in [-0.2, 0) is 0 Å². The highest BCUT2D eigenvalue weighted by molar-refractivity contribution is 6.24. The number of aromatic amines is 1. The zero-order valence-electron chi connectivity index (χ0n) is 15.8. The number of nitrogens with one attached hydrogen (secondary N) is 2. The molecule has 6 nitrogen and oxygen atoms in total. The number of aromatic nitrogens is 2. The van der Waals surface area contributed by atoms with E-state index in [1.807, 2.05) is 66.7 Å². The van der Waals surface area contributed by atoms with Crippen LogP contribution in [0.2, 0.25) is 0 Å². The Morgan fingerprint density at radius 1 is 0.867 bits per heavy atom. The summed E-state index contributed by atoms with van der Waals surface area (Å²) in [6, 6.07) is 21.4. The zero-order valence-corrected chi connectivity index (χ0v) is 15.8. The van der Waals surface area contributed by atoms with Gasteiger partial charge in [0.15, 0.2) is 5.78 Å². The molecule has 1 aromatic heterocycles. The van der Waals surface area contributed by atoms with Crippen LogP contribution in [0.25, 0.3) is 16.5 Å². The molecule has 6 heteroatoms. The summed E-state index contributed by atoms with van der Waals surface area (Å²) < 4.78 is 0. The fourth-order valence-electron chi connectivity index (χ4n) is 4.65. The lowest BCUT2D eigenvalue weighted by Crippen LogP contribution is -2.28. The molecule has 0 unspecified atom stereocenters. The molecule has 0 amide bonds. The molecular formula is C24H16N4O2.